The number of hydrogen-bond acceptors (Lipinski definition) is 7. The Morgan fingerprint density at radius 2 is 1.69 bits per heavy atom. The fourth-order valence-electron chi connectivity index (χ4n) is 4.05. The van der Waals surface area contributed by atoms with Crippen molar-refractivity contribution in [3.05, 3.63) is 111 Å². The Morgan fingerprint density at radius 3 is 2.38 bits per heavy atom. The first-order chi connectivity index (χ1) is 19.8. The van der Waals surface area contributed by atoms with Crippen LogP contribution in [0.4, 0.5) is 4.39 Å². The van der Waals surface area contributed by atoms with E-state index >= 15 is 0 Å². The molecule has 0 saturated heterocycles. The molecule has 0 aliphatic heterocycles. The third-order valence-electron chi connectivity index (χ3n) is 6.29. The summed E-state index contributed by atoms with van der Waals surface area (Å²) in [6.07, 6.45) is 2.63. The molecule has 0 aliphatic rings. The maximum Gasteiger partial charge on any atom is 0.251 e. The molecule has 3 aromatic carbocycles. The van der Waals surface area contributed by atoms with Crippen LogP contribution in [-0.2, 0) is 12.8 Å². The quantitative estimate of drug-likeness (QED) is 0.124. The number of rotatable bonds is 14. The third-order valence-corrected chi connectivity index (χ3v) is 7.02. The summed E-state index contributed by atoms with van der Waals surface area (Å²) in [7, 11) is 0. The Kier molecular flexibility index (Phi) is 12.7. The van der Waals surface area contributed by atoms with Crippen LogP contribution in [0.3, 0.4) is 0 Å². The van der Waals surface area contributed by atoms with Gasteiger partial charge in [0.15, 0.2) is 0 Å². The number of nitrogens with two attached hydrogens (primary N) is 1. The van der Waals surface area contributed by atoms with E-state index in [-0.39, 0.29) is 29.7 Å². The van der Waals surface area contributed by atoms with E-state index in [1.165, 1.54) is 24.3 Å². The Labute approximate surface area is 259 Å². The maximum absolute atomic E-state index is 13.2. The lowest BCUT2D eigenvalue weighted by molar-refractivity contribution is 0.0843. The summed E-state index contributed by atoms with van der Waals surface area (Å²) in [5, 5.41) is 7.58. The molecule has 1 amide bonds. The Morgan fingerprint density at radius 1 is 0.976 bits per heavy atom. The molecule has 42 heavy (non-hydrogen) atoms. The molecule has 1 heterocycles. The topological polar surface area (TPSA) is 120 Å². The van der Waals surface area contributed by atoms with Crippen LogP contribution < -0.4 is 15.8 Å². The predicted molar refractivity (Wildman–Crippen MR) is 161 cm³/mol. The Balaban J connectivity index is 0.00000484. The zero-order valence-corrected chi connectivity index (χ0v) is 24.9. The number of carbonyl (C=O) groups is 2. The predicted octanol–water partition coefficient (Wildman–Crippen LogP) is 6.26. The molecular weight excluding hydrogens is 606 g/mol. The standard InChI is InChI=1S/C30H29Cl2FN4O4.ClH/c31-24-13-6-20(17-25(24)32)14-16-40-23-11-4-19(5-12-23)18-27-36-29(37-41-27)28(38)26(3-1-2-15-34)35-30(39)21-7-9-22(33)10-8-21;/h4-13,17,26H,1-3,14-16,18,34H2,(H,35,39);1H/t26-;/m0./s1. The fourth-order valence-corrected chi connectivity index (χ4v) is 4.37. The lowest BCUT2D eigenvalue weighted by Crippen LogP contribution is -2.41. The molecule has 0 radical (unpaired) electrons. The summed E-state index contributed by atoms with van der Waals surface area (Å²) in [6.45, 7) is 0.927. The van der Waals surface area contributed by atoms with Gasteiger partial charge in [0, 0.05) is 12.0 Å². The van der Waals surface area contributed by atoms with E-state index < -0.39 is 23.5 Å². The molecule has 12 heteroatoms. The van der Waals surface area contributed by atoms with Crippen LogP contribution in [-0.4, -0.2) is 41.0 Å². The van der Waals surface area contributed by atoms with Crippen LogP contribution in [0, 0.1) is 5.82 Å². The van der Waals surface area contributed by atoms with Gasteiger partial charge >= 0.3 is 0 Å². The van der Waals surface area contributed by atoms with Crippen LogP contribution in [0.25, 0.3) is 0 Å². The van der Waals surface area contributed by atoms with Gasteiger partial charge in [-0.3, -0.25) is 9.59 Å². The van der Waals surface area contributed by atoms with E-state index in [1.807, 2.05) is 36.4 Å². The number of Topliss-reactive ketones (excluding diaryl/α,β-unsaturated/α-hetero) is 1. The van der Waals surface area contributed by atoms with Gasteiger partial charge in [-0.1, -0.05) is 46.6 Å². The molecule has 1 aromatic heterocycles. The van der Waals surface area contributed by atoms with Crippen molar-refractivity contribution in [3.63, 3.8) is 0 Å². The number of nitrogens with zero attached hydrogens (tertiary/aromatic N) is 2. The van der Waals surface area contributed by atoms with E-state index in [1.54, 1.807) is 6.07 Å². The number of halogens is 4. The van der Waals surface area contributed by atoms with Gasteiger partial charge < -0.3 is 20.3 Å². The number of nitrogens with one attached hydrogen (secondary N) is 1. The number of aromatic nitrogens is 2. The largest absolute Gasteiger partial charge is 0.493 e. The zero-order chi connectivity index (χ0) is 29.2. The molecular formula is C30H30Cl3FN4O4. The van der Waals surface area contributed by atoms with Gasteiger partial charge in [-0.15, -0.1) is 12.4 Å². The molecule has 8 nitrogen and oxygen atoms in total. The van der Waals surface area contributed by atoms with Gasteiger partial charge in [0.2, 0.25) is 17.5 Å². The van der Waals surface area contributed by atoms with Crippen LogP contribution in [0.5, 0.6) is 5.75 Å². The van der Waals surface area contributed by atoms with Gasteiger partial charge in [0.05, 0.1) is 29.1 Å². The molecule has 0 spiro atoms. The number of benzene rings is 3. The number of ether oxygens (including phenoxy) is 1. The maximum atomic E-state index is 13.2. The van der Waals surface area contributed by atoms with E-state index in [9.17, 15) is 14.0 Å². The molecule has 0 aliphatic carbocycles. The van der Waals surface area contributed by atoms with Gasteiger partial charge in [0.1, 0.15) is 11.6 Å². The van der Waals surface area contributed by atoms with Crippen LogP contribution in [0.15, 0.2) is 71.3 Å². The summed E-state index contributed by atoms with van der Waals surface area (Å²) in [6, 6.07) is 17.1. The highest BCUT2D eigenvalue weighted by Gasteiger charge is 2.26. The average Bonchev–Trinajstić information content (AvgIpc) is 3.44. The first-order valence-electron chi connectivity index (χ1n) is 13.1. The molecule has 0 unspecified atom stereocenters. The van der Waals surface area contributed by atoms with E-state index in [0.717, 1.165) is 11.1 Å². The minimum atomic E-state index is -0.884. The van der Waals surface area contributed by atoms with Gasteiger partial charge in [0.25, 0.3) is 5.91 Å². The van der Waals surface area contributed by atoms with Crippen molar-refractivity contribution in [1.29, 1.82) is 0 Å². The highest BCUT2D eigenvalue weighted by atomic mass is 35.5. The van der Waals surface area contributed by atoms with Gasteiger partial charge in [-0.05, 0) is 85.5 Å². The van der Waals surface area contributed by atoms with Crippen molar-refractivity contribution in [2.24, 2.45) is 5.73 Å². The number of carbonyl (C=O) groups excluding carboxylic acids is 2. The van der Waals surface area contributed by atoms with Crippen molar-refractivity contribution >= 4 is 47.3 Å². The summed E-state index contributed by atoms with van der Waals surface area (Å²) in [5.74, 6) is -0.602. The molecule has 3 N–H and O–H groups in total. The molecule has 0 bridgehead atoms. The minimum Gasteiger partial charge on any atom is -0.493 e. The van der Waals surface area contributed by atoms with Crippen molar-refractivity contribution < 1.29 is 23.2 Å². The fraction of sp³-hybridized carbons (Fsp3) is 0.267. The smallest absolute Gasteiger partial charge is 0.251 e. The van der Waals surface area contributed by atoms with Crippen LogP contribution in [0.1, 0.15) is 57.3 Å². The monoisotopic (exact) mass is 634 g/mol. The highest BCUT2D eigenvalue weighted by Crippen LogP contribution is 2.23. The van der Waals surface area contributed by atoms with Gasteiger partial charge in [-0.2, -0.15) is 4.98 Å². The van der Waals surface area contributed by atoms with E-state index in [2.05, 4.69) is 15.5 Å². The van der Waals surface area contributed by atoms with Crippen molar-refractivity contribution in [2.75, 3.05) is 13.2 Å². The summed E-state index contributed by atoms with van der Waals surface area (Å²) in [4.78, 5) is 30.1. The summed E-state index contributed by atoms with van der Waals surface area (Å²) < 4.78 is 24.4. The number of ketones is 1. The normalized spacial score (nSPS) is 11.4. The zero-order valence-electron chi connectivity index (χ0n) is 22.5. The Hall–Kier alpha value is -3.50. The van der Waals surface area contributed by atoms with Crippen molar-refractivity contribution in [3.8, 4) is 5.75 Å². The number of amides is 1. The Bertz CT molecular complexity index is 1470. The number of unbranched alkanes of at least 4 members (excludes halogenated alkanes) is 1. The lowest BCUT2D eigenvalue weighted by atomic mass is 10.0. The number of hydrogen-bond donors (Lipinski definition) is 2. The molecule has 1 atom stereocenters. The highest BCUT2D eigenvalue weighted by molar-refractivity contribution is 6.42. The lowest BCUT2D eigenvalue weighted by Gasteiger charge is -2.16. The van der Waals surface area contributed by atoms with E-state index in [0.29, 0.717) is 61.1 Å². The molecule has 0 saturated carbocycles. The second kappa shape index (κ2) is 16.2. The molecule has 222 valence electrons. The molecule has 0 fully saturated rings. The second-order valence-electron chi connectivity index (χ2n) is 9.36. The van der Waals surface area contributed by atoms with Crippen LogP contribution in [0.2, 0.25) is 10.0 Å². The van der Waals surface area contributed by atoms with Gasteiger partial charge in [-0.25, -0.2) is 4.39 Å². The summed E-state index contributed by atoms with van der Waals surface area (Å²) >= 11 is 12.0. The van der Waals surface area contributed by atoms with E-state index in [4.69, 9.17) is 38.2 Å². The SMILES string of the molecule is Cl.NCCCC[C@H](NC(=O)c1ccc(F)cc1)C(=O)c1noc(Cc2ccc(OCCc3ccc(Cl)c(Cl)c3)cc2)n1. The average molecular weight is 636 g/mol. The molecule has 4 rings (SSSR count). The summed E-state index contributed by atoms with van der Waals surface area (Å²) in [5.41, 5.74) is 7.73. The third kappa shape index (κ3) is 9.52. The van der Waals surface area contributed by atoms with Crippen molar-refractivity contribution in [1.82, 2.24) is 15.5 Å². The first kappa shape index (κ1) is 33.0. The van der Waals surface area contributed by atoms with Crippen molar-refractivity contribution in [2.45, 2.75) is 38.1 Å². The minimum absolute atomic E-state index is 0. The molecule has 4 aromatic rings. The first-order valence-corrected chi connectivity index (χ1v) is 13.9. The van der Waals surface area contributed by atoms with Crippen LogP contribution >= 0.6 is 35.6 Å². The second-order valence-corrected chi connectivity index (χ2v) is 10.2.